The zero-order valence-electron chi connectivity index (χ0n) is 45.8. The molecule has 45 heavy (non-hydrogen) atoms. The zero-order chi connectivity index (χ0) is 49.9. The van der Waals surface area contributed by atoms with Gasteiger partial charge in [0, 0.05) is 38.4 Å². The molecule has 9 rings (SSSR count). The highest BCUT2D eigenvalue weighted by Gasteiger charge is 2.23. The highest BCUT2D eigenvalue weighted by Crippen LogP contribution is 2.41. The molecule has 5 nitrogen and oxygen atoms in total. The maximum Gasteiger partial charge on any atom is 0.238 e. The van der Waals surface area contributed by atoms with Gasteiger partial charge in [0.1, 0.15) is 0 Å². The lowest BCUT2D eigenvalue weighted by Gasteiger charge is -2.13. The Morgan fingerprint density at radius 1 is 0.489 bits per heavy atom. The Morgan fingerprint density at radius 3 is 1.71 bits per heavy atom. The molecule has 0 N–H and O–H groups in total. The van der Waals surface area contributed by atoms with Crippen LogP contribution in [0.3, 0.4) is 0 Å². The summed E-state index contributed by atoms with van der Waals surface area (Å²) < 4.78 is 205. The normalized spacial score (nSPS) is 18.8. The molecule has 0 aliphatic heterocycles. The van der Waals surface area contributed by atoms with E-state index in [2.05, 4.69) is 15.0 Å². The number of hydrogen-bond acceptors (Lipinski definition) is 3. The van der Waals surface area contributed by atoms with Crippen molar-refractivity contribution in [2.24, 2.45) is 0 Å². The van der Waals surface area contributed by atoms with E-state index in [0.717, 1.165) is 9.13 Å². The first-order valence-electron chi connectivity index (χ1n) is 24.8. The van der Waals surface area contributed by atoms with Crippen molar-refractivity contribution in [1.29, 1.82) is 0 Å². The Balaban J connectivity index is 1.66. The van der Waals surface area contributed by atoms with Crippen molar-refractivity contribution in [1.82, 2.24) is 24.1 Å². The van der Waals surface area contributed by atoms with Gasteiger partial charge in [-0.2, -0.15) is 9.97 Å². The molecule has 6 aromatic carbocycles. The predicted molar refractivity (Wildman–Crippen MR) is 184 cm³/mol. The van der Waals surface area contributed by atoms with Crippen LogP contribution in [0, 0.1) is 6.92 Å². The molecule has 5 heteroatoms. The smallest absolute Gasteiger partial charge is 0.238 e. The molecule has 3 heterocycles. The minimum absolute atomic E-state index is 0.0627. The maximum atomic E-state index is 9.57. The van der Waals surface area contributed by atoms with Crippen LogP contribution in [0.5, 0.6) is 0 Å². The molecule has 9 aromatic rings. The van der Waals surface area contributed by atoms with Gasteiger partial charge in [-0.25, -0.2) is 4.98 Å². The third-order valence-electron chi connectivity index (χ3n) is 7.07. The summed E-state index contributed by atoms with van der Waals surface area (Å²) in [5.74, 6) is -2.36. The van der Waals surface area contributed by atoms with Gasteiger partial charge in [-0.15, -0.1) is 0 Å². The minimum atomic E-state index is -0.871. The van der Waals surface area contributed by atoms with Crippen LogP contribution in [0.1, 0.15) is 37.1 Å². The molecule has 0 aliphatic carbocycles. The van der Waals surface area contributed by atoms with Gasteiger partial charge in [0.15, 0.2) is 11.6 Å². The van der Waals surface area contributed by atoms with Crippen LogP contribution >= 0.6 is 0 Å². The van der Waals surface area contributed by atoms with E-state index in [-0.39, 0.29) is 39.5 Å². The van der Waals surface area contributed by atoms with Crippen molar-refractivity contribution < 1.29 is 31.5 Å². The summed E-state index contributed by atoms with van der Waals surface area (Å²) in [5.41, 5.74) is -3.47. The predicted octanol–water partition coefficient (Wildman–Crippen LogP) is 9.71. The van der Waals surface area contributed by atoms with Crippen molar-refractivity contribution in [2.75, 3.05) is 0 Å². The lowest BCUT2D eigenvalue weighted by Crippen LogP contribution is -2.07. The summed E-state index contributed by atoms with van der Waals surface area (Å²) in [6.45, 7) is 1.43. The second kappa shape index (κ2) is 10.00. The molecule has 0 atom stereocenters. The van der Waals surface area contributed by atoms with E-state index in [1.807, 2.05) is 0 Å². The number of rotatable bonds is 4. The van der Waals surface area contributed by atoms with Gasteiger partial charge >= 0.3 is 0 Å². The molecule has 0 bridgehead atoms. The molecule has 212 valence electrons. The Morgan fingerprint density at radius 2 is 1.04 bits per heavy atom. The molecule has 0 radical (unpaired) electrons. The average molecular weight is 601 g/mol. The first kappa shape index (κ1) is 11.5. The molecule has 3 aromatic heterocycles. The third kappa shape index (κ3) is 3.98. The van der Waals surface area contributed by atoms with Crippen LogP contribution in [-0.2, 0) is 0 Å². The largest absolute Gasteiger partial charge is 0.307 e. The summed E-state index contributed by atoms with van der Waals surface area (Å²) >= 11 is 0. The van der Waals surface area contributed by atoms with Crippen LogP contribution in [0.4, 0.5) is 0 Å². The van der Waals surface area contributed by atoms with Crippen LogP contribution in [0.2, 0.25) is 0 Å². The highest BCUT2D eigenvalue weighted by molar-refractivity contribution is 6.23. The van der Waals surface area contributed by atoms with Crippen molar-refractivity contribution in [3.63, 3.8) is 0 Å². The number of para-hydroxylation sites is 2. The lowest BCUT2D eigenvalue weighted by molar-refractivity contribution is 0.953. The Hall–Kier alpha value is -6.07. The maximum absolute atomic E-state index is 9.57. The second-order valence-electron chi connectivity index (χ2n) is 9.65. The van der Waals surface area contributed by atoms with Crippen molar-refractivity contribution in [3.05, 3.63) is 151 Å². The summed E-state index contributed by atoms with van der Waals surface area (Å²) in [6, 6.07) is -16.8. The first-order chi connectivity index (χ1) is 31.8. The van der Waals surface area contributed by atoms with E-state index in [1.54, 1.807) is 0 Å². The van der Waals surface area contributed by atoms with Crippen molar-refractivity contribution in [2.45, 2.75) is 6.92 Å². The van der Waals surface area contributed by atoms with Gasteiger partial charge in [-0.1, -0.05) is 120 Å². The number of benzene rings is 6. The molecule has 0 fully saturated rings. The van der Waals surface area contributed by atoms with E-state index in [9.17, 15) is 6.85 Å². The van der Waals surface area contributed by atoms with Gasteiger partial charge in [0.2, 0.25) is 5.95 Å². The molecule has 0 spiro atoms. The minimum Gasteiger partial charge on any atom is -0.307 e. The zero-order valence-corrected chi connectivity index (χ0v) is 22.8. The molecule has 0 amide bonds. The topological polar surface area (TPSA) is 48.5 Å². The van der Waals surface area contributed by atoms with E-state index < -0.39 is 183 Å². The van der Waals surface area contributed by atoms with E-state index >= 15 is 0 Å². The van der Waals surface area contributed by atoms with Gasteiger partial charge in [-0.05, 0) is 37.2 Å². The number of hydrogen-bond donors (Lipinski definition) is 0. The summed E-state index contributed by atoms with van der Waals surface area (Å²) in [5, 5.41) is -1.36. The molecular formula is C40H27N5. The van der Waals surface area contributed by atoms with Gasteiger partial charge in [0.05, 0.1) is 53.6 Å². The summed E-state index contributed by atoms with van der Waals surface area (Å²) in [4.78, 5) is 13.3. The number of fused-ring (bicyclic) bond motifs is 7. The van der Waals surface area contributed by atoms with Crippen molar-refractivity contribution >= 4 is 43.6 Å². The fourth-order valence-electron chi connectivity index (χ4n) is 5.27. The molecule has 0 saturated carbocycles. The van der Waals surface area contributed by atoms with Crippen LogP contribution in [0.15, 0.2) is 145 Å². The molecule has 0 saturated heterocycles. The Bertz CT molecular complexity index is 3690. The summed E-state index contributed by atoms with van der Waals surface area (Å²) in [7, 11) is 0. The quantitative estimate of drug-likeness (QED) is 0.202. The first-order valence-corrected chi connectivity index (χ1v) is 13.3. The van der Waals surface area contributed by atoms with Crippen molar-refractivity contribution in [3.8, 4) is 34.4 Å². The lowest BCUT2D eigenvalue weighted by atomic mass is 10.1. The van der Waals surface area contributed by atoms with E-state index in [1.165, 1.54) is 13.0 Å². The van der Waals surface area contributed by atoms with Gasteiger partial charge in [0.25, 0.3) is 0 Å². The van der Waals surface area contributed by atoms with Crippen LogP contribution in [-0.4, -0.2) is 24.1 Å². The second-order valence-corrected chi connectivity index (χ2v) is 9.65. The van der Waals surface area contributed by atoms with E-state index in [0.29, 0.717) is 0 Å². The molecule has 0 unspecified atom stereocenters. The summed E-state index contributed by atoms with van der Waals surface area (Å²) in [6.07, 6.45) is 0. The Labute approximate surface area is 292 Å². The van der Waals surface area contributed by atoms with Gasteiger partial charge < -0.3 is 4.57 Å². The van der Waals surface area contributed by atoms with Gasteiger partial charge in [-0.3, -0.25) is 4.57 Å². The third-order valence-corrected chi connectivity index (χ3v) is 7.07. The molecular weight excluding hydrogens is 550 g/mol. The fourth-order valence-corrected chi connectivity index (χ4v) is 5.27. The molecule has 0 aliphatic rings. The standard InChI is InChI=1S/C40H27N5/c1-26-21-24-35-33(25-26)32-23-22-31-30-19-11-12-20-34(30)45(37(31)36(32)44(35)29-17-9-4-10-18-29)40-42-38(27-13-5-2-6-14-27)41-39(43-40)28-15-7-3-8-16-28/h2-25H,1H3/i2D,3D,4D,5D,6D,7D,8D,9D,10D,11D,12D,13D,14D,15D,16D,17D,18D,19D,20D,21D,22D,23D,25D. The Kier molecular flexibility index (Phi) is 2.54. The van der Waals surface area contributed by atoms with Crippen LogP contribution in [0.25, 0.3) is 78.0 Å². The van der Waals surface area contributed by atoms with E-state index in [4.69, 9.17) is 24.7 Å². The average Bonchev–Trinajstić information content (AvgIpc) is 3.84. The number of aromatic nitrogens is 5. The fraction of sp³-hybridized carbons (Fsp3) is 0.0250. The highest BCUT2D eigenvalue weighted by atomic mass is 15.2. The SMILES string of the molecule is [2H]c1cc2c(c([2H])c1C)c1c([2H])c([2H])c3c4c([2H])c([2H])c([2H])c([2H])c4n(-c4nc(-c5c([2H])c([2H])c([2H])c([2H])c5[2H])nc(-c5c([2H])c([2H])c([2H])c([2H])c5[2H])n4)c3c1n2-c1c([2H])c([2H])c([2H])c([2H])c1[2H]. The number of nitrogens with zero attached hydrogens (tertiary/aromatic N) is 5. The van der Waals surface area contributed by atoms with Crippen LogP contribution < -0.4 is 0 Å². The monoisotopic (exact) mass is 600 g/mol.